The van der Waals surface area contributed by atoms with Gasteiger partial charge in [-0.05, 0) is 17.7 Å². The quantitative estimate of drug-likeness (QED) is 0.827. The molecule has 4 nitrogen and oxygen atoms in total. The van der Waals surface area contributed by atoms with Crippen LogP contribution < -0.4 is 10.6 Å². The molecule has 0 radical (unpaired) electrons. The van der Waals surface area contributed by atoms with Crippen molar-refractivity contribution in [3.63, 3.8) is 0 Å². The summed E-state index contributed by atoms with van der Waals surface area (Å²) >= 11 is 3.41. The van der Waals surface area contributed by atoms with Gasteiger partial charge < -0.3 is 14.7 Å². The largest absolute Gasteiger partial charge is 0.504 e. The van der Waals surface area contributed by atoms with Gasteiger partial charge >= 0.3 is 0 Å². The number of methoxy groups -OCH3 is 1. The third-order valence-electron chi connectivity index (χ3n) is 2.18. The Morgan fingerprint density at radius 3 is 2.73 bits per heavy atom. The lowest BCUT2D eigenvalue weighted by molar-refractivity contribution is 0.126. The molecule has 0 aliphatic heterocycles. The van der Waals surface area contributed by atoms with Crippen LogP contribution in [0.3, 0.4) is 0 Å². The van der Waals surface area contributed by atoms with Gasteiger partial charge in [0, 0.05) is 10.4 Å². The Balaban J connectivity index is 3.04. The highest BCUT2D eigenvalue weighted by Crippen LogP contribution is 2.35. The summed E-state index contributed by atoms with van der Waals surface area (Å²) in [5, 5.41) is 9.62. The summed E-state index contributed by atoms with van der Waals surface area (Å²) in [4.78, 5) is 4.58. The first-order valence-electron chi connectivity index (χ1n) is 4.48. The number of hydrogen-bond acceptors (Lipinski definition) is 4. The molecule has 1 aromatic carbocycles. The standard InChI is InChI=1S/C10H14BrNO3/c1-6(5-15-12)7-3-9(13)10(14-2)4-8(7)11/h3-4,6,13H,5,12H2,1-2H3. The van der Waals surface area contributed by atoms with Crippen molar-refractivity contribution >= 4 is 15.9 Å². The van der Waals surface area contributed by atoms with Gasteiger partial charge in [0.1, 0.15) is 0 Å². The molecule has 0 spiro atoms. The van der Waals surface area contributed by atoms with Gasteiger partial charge in [0.25, 0.3) is 0 Å². The Morgan fingerprint density at radius 1 is 1.53 bits per heavy atom. The summed E-state index contributed by atoms with van der Waals surface area (Å²) in [7, 11) is 1.51. The van der Waals surface area contributed by atoms with E-state index in [1.807, 2.05) is 6.92 Å². The topological polar surface area (TPSA) is 64.7 Å². The van der Waals surface area contributed by atoms with Gasteiger partial charge in [0.15, 0.2) is 11.5 Å². The van der Waals surface area contributed by atoms with Crippen LogP contribution in [0.5, 0.6) is 11.5 Å². The molecule has 1 atom stereocenters. The van der Waals surface area contributed by atoms with E-state index in [4.69, 9.17) is 10.6 Å². The normalized spacial score (nSPS) is 12.5. The van der Waals surface area contributed by atoms with Crippen LogP contribution >= 0.6 is 15.9 Å². The zero-order valence-electron chi connectivity index (χ0n) is 8.66. The molecule has 5 heteroatoms. The Kier molecular flexibility index (Phi) is 4.38. The molecule has 0 fully saturated rings. The minimum atomic E-state index is 0.0983. The lowest BCUT2D eigenvalue weighted by atomic mass is 10.0. The van der Waals surface area contributed by atoms with E-state index in [0.717, 1.165) is 10.0 Å². The monoisotopic (exact) mass is 275 g/mol. The number of rotatable bonds is 4. The van der Waals surface area contributed by atoms with Gasteiger partial charge in [0.05, 0.1) is 13.7 Å². The number of phenolic OH excluding ortho intramolecular Hbond substituents is 1. The molecule has 0 saturated heterocycles. The van der Waals surface area contributed by atoms with Gasteiger partial charge in [-0.25, -0.2) is 5.90 Å². The smallest absolute Gasteiger partial charge is 0.161 e. The number of hydrogen-bond donors (Lipinski definition) is 2. The summed E-state index contributed by atoms with van der Waals surface area (Å²) in [6.07, 6.45) is 0. The van der Waals surface area contributed by atoms with Crippen molar-refractivity contribution in [2.45, 2.75) is 12.8 Å². The summed E-state index contributed by atoms with van der Waals surface area (Å²) in [5.41, 5.74) is 0.929. The summed E-state index contributed by atoms with van der Waals surface area (Å²) in [6, 6.07) is 3.37. The first-order chi connectivity index (χ1) is 7.10. The SMILES string of the molecule is COc1cc(Br)c(C(C)CON)cc1O. The molecular formula is C10H14BrNO3. The van der Waals surface area contributed by atoms with Crippen molar-refractivity contribution in [3.05, 3.63) is 22.2 Å². The maximum atomic E-state index is 9.62. The molecule has 84 valence electrons. The van der Waals surface area contributed by atoms with Gasteiger partial charge in [-0.1, -0.05) is 22.9 Å². The van der Waals surface area contributed by atoms with E-state index in [0.29, 0.717) is 12.4 Å². The van der Waals surface area contributed by atoms with Crippen LogP contribution in [0.1, 0.15) is 18.4 Å². The van der Waals surface area contributed by atoms with Crippen molar-refractivity contribution in [2.75, 3.05) is 13.7 Å². The van der Waals surface area contributed by atoms with Crippen LogP contribution in [-0.2, 0) is 4.84 Å². The molecular weight excluding hydrogens is 262 g/mol. The molecule has 0 saturated carbocycles. The van der Waals surface area contributed by atoms with E-state index in [2.05, 4.69) is 20.8 Å². The summed E-state index contributed by atoms with van der Waals surface area (Å²) in [5.74, 6) is 5.65. The number of aromatic hydroxyl groups is 1. The van der Waals surface area contributed by atoms with Crippen LogP contribution in [0.4, 0.5) is 0 Å². The van der Waals surface area contributed by atoms with E-state index in [1.165, 1.54) is 7.11 Å². The number of ether oxygens (including phenoxy) is 1. The van der Waals surface area contributed by atoms with Crippen molar-refractivity contribution in [1.29, 1.82) is 0 Å². The predicted molar refractivity (Wildman–Crippen MR) is 60.9 cm³/mol. The van der Waals surface area contributed by atoms with Crippen LogP contribution in [0.25, 0.3) is 0 Å². The van der Waals surface area contributed by atoms with Crippen LogP contribution in [-0.4, -0.2) is 18.8 Å². The average Bonchev–Trinajstić information content (AvgIpc) is 2.21. The highest BCUT2D eigenvalue weighted by molar-refractivity contribution is 9.10. The fourth-order valence-corrected chi connectivity index (χ4v) is 2.05. The van der Waals surface area contributed by atoms with Gasteiger partial charge in [-0.15, -0.1) is 0 Å². The zero-order chi connectivity index (χ0) is 11.4. The van der Waals surface area contributed by atoms with Gasteiger partial charge in [0.2, 0.25) is 0 Å². The Morgan fingerprint density at radius 2 is 2.20 bits per heavy atom. The molecule has 0 aliphatic rings. The van der Waals surface area contributed by atoms with Gasteiger partial charge in [-0.3, -0.25) is 0 Å². The molecule has 0 heterocycles. The molecule has 0 aliphatic carbocycles. The second-order valence-corrected chi connectivity index (χ2v) is 4.13. The molecule has 1 rings (SSSR count). The molecule has 15 heavy (non-hydrogen) atoms. The van der Waals surface area contributed by atoms with E-state index in [9.17, 15) is 5.11 Å². The molecule has 3 N–H and O–H groups in total. The van der Waals surface area contributed by atoms with E-state index < -0.39 is 0 Å². The Labute approximate surface area is 97.1 Å². The van der Waals surface area contributed by atoms with Crippen molar-refractivity contribution in [2.24, 2.45) is 5.90 Å². The molecule has 0 aromatic heterocycles. The zero-order valence-corrected chi connectivity index (χ0v) is 10.2. The van der Waals surface area contributed by atoms with E-state index >= 15 is 0 Å². The van der Waals surface area contributed by atoms with Crippen molar-refractivity contribution in [3.8, 4) is 11.5 Å². The maximum Gasteiger partial charge on any atom is 0.161 e. The Hall–Kier alpha value is -0.780. The maximum absolute atomic E-state index is 9.62. The first kappa shape index (κ1) is 12.3. The lowest BCUT2D eigenvalue weighted by Gasteiger charge is -2.14. The van der Waals surface area contributed by atoms with Crippen LogP contribution in [0, 0.1) is 0 Å². The van der Waals surface area contributed by atoms with Gasteiger partial charge in [-0.2, -0.15) is 0 Å². The first-order valence-corrected chi connectivity index (χ1v) is 5.27. The van der Waals surface area contributed by atoms with Crippen molar-refractivity contribution in [1.82, 2.24) is 0 Å². The third-order valence-corrected chi connectivity index (χ3v) is 2.86. The lowest BCUT2D eigenvalue weighted by Crippen LogP contribution is -2.09. The number of halogens is 1. The molecule has 0 amide bonds. The minimum absolute atomic E-state index is 0.0983. The van der Waals surface area contributed by atoms with E-state index in [-0.39, 0.29) is 11.7 Å². The highest BCUT2D eigenvalue weighted by Gasteiger charge is 2.13. The van der Waals surface area contributed by atoms with Crippen LogP contribution in [0.15, 0.2) is 16.6 Å². The molecule has 0 bridgehead atoms. The summed E-state index contributed by atoms with van der Waals surface area (Å²) < 4.78 is 5.85. The Bertz CT molecular complexity index is 344. The summed E-state index contributed by atoms with van der Waals surface area (Å²) in [6.45, 7) is 2.35. The fraction of sp³-hybridized carbons (Fsp3) is 0.400. The number of nitrogens with two attached hydrogens (primary N) is 1. The molecule has 1 aromatic rings. The highest BCUT2D eigenvalue weighted by atomic mass is 79.9. The fourth-order valence-electron chi connectivity index (χ4n) is 1.33. The third kappa shape index (κ3) is 2.84. The minimum Gasteiger partial charge on any atom is -0.504 e. The number of phenols is 1. The average molecular weight is 276 g/mol. The van der Waals surface area contributed by atoms with Crippen LogP contribution in [0.2, 0.25) is 0 Å². The predicted octanol–water partition coefficient (Wildman–Crippen LogP) is 2.16. The number of benzene rings is 1. The second-order valence-electron chi connectivity index (χ2n) is 3.28. The molecule has 1 unspecified atom stereocenters. The second kappa shape index (κ2) is 5.34. The van der Waals surface area contributed by atoms with E-state index in [1.54, 1.807) is 12.1 Å². The van der Waals surface area contributed by atoms with Crippen molar-refractivity contribution < 1.29 is 14.7 Å².